The summed E-state index contributed by atoms with van der Waals surface area (Å²) in [7, 11) is 0. The van der Waals surface area contributed by atoms with Gasteiger partial charge in [-0.25, -0.2) is 0 Å². The number of hydrogen-bond donors (Lipinski definition) is 2. The summed E-state index contributed by atoms with van der Waals surface area (Å²) in [6, 6.07) is 4.91. The van der Waals surface area contributed by atoms with Crippen molar-refractivity contribution >= 4 is 11.6 Å². The molecule has 1 aromatic carbocycles. The van der Waals surface area contributed by atoms with Crippen LogP contribution in [0.15, 0.2) is 18.2 Å². The maximum absolute atomic E-state index is 12.0. The SMILES string of the molecule is CC#COc1ccc(N)cc1C(=O)NCCCC. The molecule has 0 aliphatic heterocycles. The van der Waals surface area contributed by atoms with Crippen LogP contribution in [0.1, 0.15) is 37.0 Å². The van der Waals surface area contributed by atoms with Crippen molar-refractivity contribution in [3.63, 3.8) is 0 Å². The predicted octanol–water partition coefficient (Wildman–Crippen LogP) is 2.16. The molecule has 0 saturated heterocycles. The highest BCUT2D eigenvalue weighted by atomic mass is 16.5. The van der Waals surface area contributed by atoms with E-state index in [1.165, 1.54) is 0 Å². The van der Waals surface area contributed by atoms with E-state index in [0.717, 1.165) is 12.8 Å². The minimum absolute atomic E-state index is 0.191. The highest BCUT2D eigenvalue weighted by Gasteiger charge is 2.12. The fourth-order valence-corrected chi connectivity index (χ4v) is 1.39. The third-order valence-corrected chi connectivity index (χ3v) is 2.33. The summed E-state index contributed by atoms with van der Waals surface area (Å²) in [5, 5.41) is 2.82. The zero-order valence-corrected chi connectivity index (χ0v) is 10.7. The molecular weight excluding hydrogens is 228 g/mol. The lowest BCUT2D eigenvalue weighted by molar-refractivity contribution is 0.0951. The van der Waals surface area contributed by atoms with Crippen LogP contribution in [-0.4, -0.2) is 12.5 Å². The minimum Gasteiger partial charge on any atom is -0.407 e. The molecule has 1 amide bonds. The molecule has 0 fully saturated rings. The second kappa shape index (κ2) is 7.23. The zero-order valence-electron chi connectivity index (χ0n) is 10.7. The number of nitrogen functional groups attached to an aromatic ring is 1. The number of benzene rings is 1. The standard InChI is InChI=1S/C14H18N2O2/c1-3-5-8-16-14(17)12-10-11(15)6-7-13(12)18-9-4-2/h6-7,10H,3,5,8,15H2,1-2H3,(H,16,17). The van der Waals surface area contributed by atoms with Crippen LogP contribution in [0.3, 0.4) is 0 Å². The summed E-state index contributed by atoms with van der Waals surface area (Å²) in [6.45, 7) is 4.37. The molecule has 0 heterocycles. The molecule has 0 aliphatic rings. The first-order valence-corrected chi connectivity index (χ1v) is 5.95. The Kier molecular flexibility index (Phi) is 5.59. The van der Waals surface area contributed by atoms with Gasteiger partial charge in [-0.1, -0.05) is 19.3 Å². The highest BCUT2D eigenvalue weighted by Crippen LogP contribution is 2.21. The van der Waals surface area contributed by atoms with E-state index in [1.54, 1.807) is 25.1 Å². The number of ether oxygens (including phenoxy) is 1. The molecule has 0 saturated carbocycles. The second-order valence-electron chi connectivity index (χ2n) is 3.82. The fourth-order valence-electron chi connectivity index (χ4n) is 1.39. The van der Waals surface area contributed by atoms with Gasteiger partial charge in [-0.05, 0) is 24.6 Å². The first-order valence-electron chi connectivity index (χ1n) is 5.95. The van der Waals surface area contributed by atoms with Crippen LogP contribution in [-0.2, 0) is 0 Å². The average Bonchev–Trinajstić information content (AvgIpc) is 2.37. The Morgan fingerprint density at radius 1 is 1.50 bits per heavy atom. The molecule has 0 bridgehead atoms. The number of anilines is 1. The van der Waals surface area contributed by atoms with Crippen molar-refractivity contribution in [3.8, 4) is 17.8 Å². The third-order valence-electron chi connectivity index (χ3n) is 2.33. The van der Waals surface area contributed by atoms with E-state index in [-0.39, 0.29) is 5.91 Å². The monoisotopic (exact) mass is 246 g/mol. The van der Waals surface area contributed by atoms with Gasteiger partial charge in [-0.15, -0.1) is 0 Å². The van der Waals surface area contributed by atoms with Gasteiger partial charge in [-0.2, -0.15) is 0 Å². The van der Waals surface area contributed by atoms with E-state index in [0.29, 0.717) is 23.5 Å². The van der Waals surface area contributed by atoms with Gasteiger partial charge in [0.2, 0.25) is 0 Å². The molecule has 0 aliphatic carbocycles. The van der Waals surface area contributed by atoms with Gasteiger partial charge in [0, 0.05) is 19.2 Å². The summed E-state index contributed by atoms with van der Waals surface area (Å²) in [4.78, 5) is 12.0. The lowest BCUT2D eigenvalue weighted by atomic mass is 10.1. The summed E-state index contributed by atoms with van der Waals surface area (Å²) in [5.41, 5.74) is 6.61. The number of nitrogens with two attached hydrogens (primary N) is 1. The third kappa shape index (κ3) is 4.02. The van der Waals surface area contributed by atoms with Crippen molar-refractivity contribution < 1.29 is 9.53 Å². The number of amides is 1. The molecule has 4 nitrogen and oxygen atoms in total. The maximum Gasteiger partial charge on any atom is 0.255 e. The van der Waals surface area contributed by atoms with Crippen LogP contribution in [0.2, 0.25) is 0 Å². The maximum atomic E-state index is 12.0. The number of carbonyl (C=O) groups is 1. The van der Waals surface area contributed by atoms with Gasteiger partial charge in [0.15, 0.2) is 5.75 Å². The molecule has 0 atom stereocenters. The Balaban J connectivity index is 2.85. The van der Waals surface area contributed by atoms with E-state index in [2.05, 4.69) is 24.3 Å². The average molecular weight is 246 g/mol. The summed E-state index contributed by atoms with van der Waals surface area (Å²) in [6.07, 6.45) is 4.45. The van der Waals surface area contributed by atoms with Crippen molar-refractivity contribution in [1.82, 2.24) is 5.32 Å². The van der Waals surface area contributed by atoms with Gasteiger partial charge in [0.25, 0.3) is 5.91 Å². The van der Waals surface area contributed by atoms with E-state index in [4.69, 9.17) is 10.5 Å². The van der Waals surface area contributed by atoms with Crippen molar-refractivity contribution in [3.05, 3.63) is 23.8 Å². The van der Waals surface area contributed by atoms with E-state index < -0.39 is 0 Å². The molecule has 0 unspecified atom stereocenters. The van der Waals surface area contributed by atoms with Crippen LogP contribution in [0, 0.1) is 12.0 Å². The Bertz CT molecular complexity index is 472. The molecule has 1 aromatic rings. The van der Waals surface area contributed by atoms with Gasteiger partial charge in [0.05, 0.1) is 5.56 Å². The van der Waals surface area contributed by atoms with Gasteiger partial charge < -0.3 is 15.8 Å². The smallest absolute Gasteiger partial charge is 0.255 e. The lowest BCUT2D eigenvalue weighted by Gasteiger charge is -2.08. The summed E-state index contributed by atoms with van der Waals surface area (Å²) < 4.78 is 5.19. The highest BCUT2D eigenvalue weighted by molar-refractivity contribution is 5.97. The summed E-state index contributed by atoms with van der Waals surface area (Å²) in [5.74, 6) is 2.85. The predicted molar refractivity (Wildman–Crippen MR) is 72.2 cm³/mol. The van der Waals surface area contributed by atoms with E-state index >= 15 is 0 Å². The van der Waals surface area contributed by atoms with Crippen molar-refractivity contribution in [1.29, 1.82) is 0 Å². The molecule has 4 heteroatoms. The van der Waals surface area contributed by atoms with Crippen LogP contribution in [0.5, 0.6) is 5.75 Å². The zero-order chi connectivity index (χ0) is 13.4. The molecule has 18 heavy (non-hydrogen) atoms. The van der Waals surface area contributed by atoms with Crippen LogP contribution in [0.25, 0.3) is 0 Å². The van der Waals surface area contributed by atoms with Crippen molar-refractivity contribution in [2.75, 3.05) is 12.3 Å². The molecular formula is C14H18N2O2. The molecule has 1 rings (SSSR count). The van der Waals surface area contributed by atoms with Crippen LogP contribution >= 0.6 is 0 Å². The summed E-state index contributed by atoms with van der Waals surface area (Å²) >= 11 is 0. The normalized spacial score (nSPS) is 9.22. The number of unbranched alkanes of at least 4 members (excludes halogenated alkanes) is 1. The van der Waals surface area contributed by atoms with Crippen molar-refractivity contribution in [2.24, 2.45) is 0 Å². The van der Waals surface area contributed by atoms with Gasteiger partial charge in [-0.3, -0.25) is 4.79 Å². The van der Waals surface area contributed by atoms with Crippen LogP contribution < -0.4 is 15.8 Å². The first-order chi connectivity index (χ1) is 8.69. The number of rotatable bonds is 5. The molecule has 0 spiro atoms. The number of hydrogen-bond acceptors (Lipinski definition) is 3. The quantitative estimate of drug-likeness (QED) is 0.475. The fraction of sp³-hybridized carbons (Fsp3) is 0.357. The minimum atomic E-state index is -0.191. The molecule has 0 radical (unpaired) electrons. The Morgan fingerprint density at radius 2 is 2.28 bits per heavy atom. The Hall–Kier alpha value is -2.15. The second-order valence-corrected chi connectivity index (χ2v) is 3.82. The largest absolute Gasteiger partial charge is 0.407 e. The van der Waals surface area contributed by atoms with E-state index in [9.17, 15) is 4.79 Å². The lowest BCUT2D eigenvalue weighted by Crippen LogP contribution is -2.24. The number of nitrogens with one attached hydrogen (secondary N) is 1. The van der Waals surface area contributed by atoms with Crippen LogP contribution in [0.4, 0.5) is 5.69 Å². The van der Waals surface area contributed by atoms with E-state index in [1.807, 2.05) is 0 Å². The topological polar surface area (TPSA) is 64.3 Å². The Labute approximate surface area is 108 Å². The van der Waals surface area contributed by atoms with Crippen molar-refractivity contribution in [2.45, 2.75) is 26.7 Å². The first kappa shape index (κ1) is 13.9. The Morgan fingerprint density at radius 3 is 2.94 bits per heavy atom. The number of carbonyl (C=O) groups excluding carboxylic acids is 1. The molecule has 96 valence electrons. The van der Waals surface area contributed by atoms with Gasteiger partial charge >= 0.3 is 0 Å². The molecule has 3 N–H and O–H groups in total. The van der Waals surface area contributed by atoms with Gasteiger partial charge in [0.1, 0.15) is 6.11 Å². The molecule has 0 aromatic heterocycles.